The van der Waals surface area contributed by atoms with Crippen molar-refractivity contribution in [3.05, 3.63) is 60.4 Å². The lowest BCUT2D eigenvalue weighted by molar-refractivity contribution is -0.119. The Bertz CT molecular complexity index is 871. The minimum absolute atomic E-state index is 0.0755. The number of anilines is 1. The topological polar surface area (TPSA) is 66.5 Å². The fourth-order valence-corrected chi connectivity index (χ4v) is 4.47. The molecule has 1 amide bonds. The smallest absolute Gasteiger partial charge is 0.264 e. The molecule has 0 bridgehead atoms. The number of hydrogen-bond acceptors (Lipinski definition) is 3. The van der Waals surface area contributed by atoms with Crippen LogP contribution in [0.3, 0.4) is 0 Å². The van der Waals surface area contributed by atoms with Crippen molar-refractivity contribution in [1.29, 1.82) is 0 Å². The minimum Gasteiger partial charge on any atom is -0.354 e. The maximum atomic E-state index is 13.3. The lowest BCUT2D eigenvalue weighted by atomic mass is 9.99. The van der Waals surface area contributed by atoms with E-state index in [0.717, 1.165) is 30.0 Å². The number of amides is 1. The first-order valence-corrected chi connectivity index (χ1v) is 11.4. The lowest BCUT2D eigenvalue weighted by Gasteiger charge is -2.24. The average molecular weight is 421 g/mol. The van der Waals surface area contributed by atoms with Gasteiger partial charge in [0.25, 0.3) is 10.0 Å². The van der Waals surface area contributed by atoms with Crippen LogP contribution in [-0.2, 0) is 14.8 Å². The highest BCUT2D eigenvalue weighted by Gasteiger charge is 2.27. The van der Waals surface area contributed by atoms with Gasteiger partial charge in [-0.3, -0.25) is 9.10 Å². The van der Waals surface area contributed by atoms with Crippen molar-refractivity contribution in [1.82, 2.24) is 5.32 Å². The van der Waals surface area contributed by atoms with Crippen molar-refractivity contribution in [3.63, 3.8) is 0 Å². The lowest BCUT2D eigenvalue weighted by Crippen LogP contribution is -2.42. The molecule has 1 atom stereocenters. The summed E-state index contributed by atoms with van der Waals surface area (Å²) in [5, 5.41) is 2.86. The Morgan fingerprint density at radius 2 is 1.72 bits per heavy atom. The molecular formula is C22H29FN2O3S. The number of nitrogens with one attached hydrogen (secondary N) is 1. The van der Waals surface area contributed by atoms with Crippen molar-refractivity contribution >= 4 is 21.6 Å². The highest BCUT2D eigenvalue weighted by molar-refractivity contribution is 7.92. The number of unbranched alkanes of at least 4 members (excludes halogenated alkanes) is 1. The van der Waals surface area contributed by atoms with Gasteiger partial charge in [0.05, 0.1) is 10.6 Å². The summed E-state index contributed by atoms with van der Waals surface area (Å²) in [6, 6.07) is 13.0. The molecule has 0 saturated heterocycles. The van der Waals surface area contributed by atoms with E-state index in [1.54, 1.807) is 18.2 Å². The zero-order valence-electron chi connectivity index (χ0n) is 17.0. The van der Waals surface area contributed by atoms with Gasteiger partial charge in [-0.25, -0.2) is 12.8 Å². The summed E-state index contributed by atoms with van der Waals surface area (Å²) in [6.07, 6.45) is 4.16. The first-order chi connectivity index (χ1) is 13.9. The summed E-state index contributed by atoms with van der Waals surface area (Å²) in [6.45, 7) is 4.35. The SMILES string of the molecule is CCCCC(CC)CNC(=O)CN(c1ccc(F)cc1)S(=O)(=O)c1ccccc1. The van der Waals surface area contributed by atoms with Gasteiger partial charge in [0.15, 0.2) is 0 Å². The van der Waals surface area contributed by atoms with Gasteiger partial charge in [-0.2, -0.15) is 0 Å². The third-order valence-corrected chi connectivity index (χ3v) is 6.65. The number of carbonyl (C=O) groups excluding carboxylic acids is 1. The molecule has 0 fully saturated rings. The molecule has 0 radical (unpaired) electrons. The van der Waals surface area contributed by atoms with Crippen LogP contribution in [0.25, 0.3) is 0 Å². The summed E-state index contributed by atoms with van der Waals surface area (Å²) >= 11 is 0. The number of benzene rings is 2. The Kier molecular flexibility index (Phi) is 8.64. The monoisotopic (exact) mass is 420 g/mol. The summed E-state index contributed by atoms with van der Waals surface area (Å²) in [5.41, 5.74) is 0.239. The van der Waals surface area contributed by atoms with Crippen LogP contribution in [0.2, 0.25) is 0 Å². The van der Waals surface area contributed by atoms with Gasteiger partial charge in [-0.1, -0.05) is 51.3 Å². The second-order valence-corrected chi connectivity index (χ2v) is 8.88. The van der Waals surface area contributed by atoms with Crippen LogP contribution in [0, 0.1) is 11.7 Å². The van der Waals surface area contributed by atoms with Gasteiger partial charge in [0, 0.05) is 6.54 Å². The van der Waals surface area contributed by atoms with E-state index in [4.69, 9.17) is 0 Å². The molecule has 0 aliphatic rings. The van der Waals surface area contributed by atoms with Crippen LogP contribution in [0.15, 0.2) is 59.5 Å². The van der Waals surface area contributed by atoms with E-state index >= 15 is 0 Å². The fourth-order valence-electron chi connectivity index (χ4n) is 3.03. The number of nitrogens with zero attached hydrogens (tertiary/aromatic N) is 1. The molecule has 158 valence electrons. The van der Waals surface area contributed by atoms with Crippen molar-refractivity contribution in [3.8, 4) is 0 Å². The van der Waals surface area contributed by atoms with Crippen LogP contribution in [-0.4, -0.2) is 27.4 Å². The van der Waals surface area contributed by atoms with Gasteiger partial charge in [-0.05, 0) is 48.7 Å². The normalized spacial score (nSPS) is 12.4. The van der Waals surface area contributed by atoms with Crippen molar-refractivity contribution < 1.29 is 17.6 Å². The second-order valence-electron chi connectivity index (χ2n) is 7.02. The van der Waals surface area contributed by atoms with Gasteiger partial charge in [0.2, 0.25) is 5.91 Å². The largest absolute Gasteiger partial charge is 0.354 e. The number of hydrogen-bond donors (Lipinski definition) is 1. The van der Waals surface area contributed by atoms with E-state index in [0.29, 0.717) is 12.5 Å². The van der Waals surface area contributed by atoms with Gasteiger partial charge < -0.3 is 5.32 Å². The molecule has 29 heavy (non-hydrogen) atoms. The molecule has 2 aromatic rings. The fraction of sp³-hybridized carbons (Fsp3) is 0.409. The van der Waals surface area contributed by atoms with Gasteiger partial charge in [0.1, 0.15) is 12.4 Å². The highest BCUT2D eigenvalue weighted by Crippen LogP contribution is 2.23. The van der Waals surface area contributed by atoms with Crippen molar-refractivity contribution in [2.75, 3.05) is 17.4 Å². The van der Waals surface area contributed by atoms with Crippen molar-refractivity contribution in [2.45, 2.75) is 44.4 Å². The van der Waals surface area contributed by atoms with Crippen LogP contribution in [0.1, 0.15) is 39.5 Å². The highest BCUT2D eigenvalue weighted by atomic mass is 32.2. The standard InChI is InChI=1S/C22H29FN2O3S/c1-3-5-9-18(4-2)16-24-22(26)17-25(20-14-12-19(23)13-15-20)29(27,28)21-10-7-6-8-11-21/h6-8,10-15,18H,3-5,9,16-17H2,1-2H3,(H,24,26). The molecule has 0 aromatic heterocycles. The van der Waals surface area contributed by atoms with Gasteiger partial charge in [-0.15, -0.1) is 0 Å². The molecule has 0 heterocycles. The summed E-state index contributed by atoms with van der Waals surface area (Å²) in [7, 11) is -3.97. The third-order valence-electron chi connectivity index (χ3n) is 4.86. The van der Waals surface area contributed by atoms with Crippen LogP contribution in [0.4, 0.5) is 10.1 Å². The van der Waals surface area contributed by atoms with E-state index in [-0.39, 0.29) is 23.0 Å². The minimum atomic E-state index is -3.97. The second kappa shape index (κ2) is 11.0. The maximum absolute atomic E-state index is 13.3. The van der Waals surface area contributed by atoms with E-state index in [9.17, 15) is 17.6 Å². The molecule has 0 saturated carbocycles. The van der Waals surface area contributed by atoms with Crippen LogP contribution >= 0.6 is 0 Å². The van der Waals surface area contributed by atoms with E-state index in [1.807, 2.05) is 0 Å². The molecule has 0 aliphatic heterocycles. The summed E-state index contributed by atoms with van der Waals surface area (Å²) in [4.78, 5) is 12.7. The maximum Gasteiger partial charge on any atom is 0.264 e. The van der Waals surface area contributed by atoms with E-state index in [2.05, 4.69) is 19.2 Å². The molecule has 1 N–H and O–H groups in total. The number of rotatable bonds is 11. The number of sulfonamides is 1. The Hall–Kier alpha value is -2.41. The first kappa shape index (κ1) is 22.9. The molecule has 2 rings (SSSR count). The Morgan fingerprint density at radius 3 is 2.31 bits per heavy atom. The molecule has 5 nitrogen and oxygen atoms in total. The van der Waals surface area contributed by atoms with Crippen LogP contribution < -0.4 is 9.62 Å². The first-order valence-electron chi connectivity index (χ1n) is 9.98. The molecule has 7 heteroatoms. The van der Waals surface area contributed by atoms with E-state index < -0.39 is 15.8 Å². The average Bonchev–Trinajstić information content (AvgIpc) is 2.73. The molecule has 0 aliphatic carbocycles. The Labute approximate surface area is 173 Å². The zero-order valence-corrected chi connectivity index (χ0v) is 17.8. The molecule has 0 spiro atoms. The quantitative estimate of drug-likeness (QED) is 0.588. The Morgan fingerprint density at radius 1 is 1.07 bits per heavy atom. The van der Waals surface area contributed by atoms with Crippen molar-refractivity contribution in [2.24, 2.45) is 5.92 Å². The predicted octanol–water partition coefficient (Wildman–Crippen LogP) is 4.35. The summed E-state index contributed by atoms with van der Waals surface area (Å²) < 4.78 is 40.6. The van der Waals surface area contributed by atoms with E-state index in [1.165, 1.54) is 36.4 Å². The summed E-state index contributed by atoms with van der Waals surface area (Å²) in [5.74, 6) is -0.496. The Balaban J connectivity index is 2.20. The van der Waals surface area contributed by atoms with Gasteiger partial charge >= 0.3 is 0 Å². The van der Waals surface area contributed by atoms with Crippen LogP contribution in [0.5, 0.6) is 0 Å². The number of carbonyl (C=O) groups is 1. The number of halogens is 1. The predicted molar refractivity (Wildman–Crippen MR) is 114 cm³/mol. The molecular weight excluding hydrogens is 391 g/mol. The molecule has 2 aromatic carbocycles. The molecule has 1 unspecified atom stereocenters. The zero-order chi connectivity index (χ0) is 21.3. The third kappa shape index (κ3) is 6.56.